The highest BCUT2D eigenvalue weighted by molar-refractivity contribution is 14.1. The maximum Gasteiger partial charge on any atom is 0.574 e. The number of aldehydes is 1. The second-order valence-corrected chi connectivity index (χ2v) is 3.88. The molecule has 0 bridgehead atoms. The van der Waals surface area contributed by atoms with Gasteiger partial charge in [-0.1, -0.05) is 0 Å². The summed E-state index contributed by atoms with van der Waals surface area (Å²) in [6.45, 7) is 0. The molecule has 0 N–H and O–H groups in total. The van der Waals surface area contributed by atoms with Gasteiger partial charge in [0.1, 0.15) is 5.69 Å². The lowest BCUT2D eigenvalue weighted by atomic mass is 10.2. The minimum atomic E-state index is -5.03. The van der Waals surface area contributed by atoms with Crippen LogP contribution in [0.15, 0.2) is 6.07 Å². The van der Waals surface area contributed by atoms with Crippen molar-refractivity contribution >= 4 is 28.9 Å². The predicted molar refractivity (Wildman–Crippen MR) is 54.0 cm³/mol. The van der Waals surface area contributed by atoms with Crippen molar-refractivity contribution in [1.82, 2.24) is 4.98 Å². The number of halogens is 6. The van der Waals surface area contributed by atoms with Gasteiger partial charge in [0.05, 0.1) is 3.57 Å². The Morgan fingerprint density at radius 2 is 2.00 bits per heavy atom. The Kier molecular flexibility index (Phi) is 4.22. The van der Waals surface area contributed by atoms with Gasteiger partial charge in [0.15, 0.2) is 6.29 Å². The Morgan fingerprint density at radius 1 is 1.41 bits per heavy atom. The summed E-state index contributed by atoms with van der Waals surface area (Å²) in [6.07, 6.45) is -8.11. The van der Waals surface area contributed by atoms with Crippen LogP contribution in [0.4, 0.5) is 22.0 Å². The Morgan fingerprint density at radius 3 is 2.41 bits per heavy atom. The first kappa shape index (κ1) is 14.1. The van der Waals surface area contributed by atoms with Crippen LogP contribution in [-0.2, 0) is 0 Å². The van der Waals surface area contributed by atoms with Crippen LogP contribution in [0.5, 0.6) is 5.88 Å². The monoisotopic (exact) mass is 367 g/mol. The third-order valence-corrected chi connectivity index (χ3v) is 2.32. The van der Waals surface area contributed by atoms with E-state index < -0.39 is 29.9 Å². The number of nitrogens with zero attached hydrogens (tertiary/aromatic N) is 1. The van der Waals surface area contributed by atoms with E-state index in [-0.39, 0.29) is 9.86 Å². The van der Waals surface area contributed by atoms with Crippen molar-refractivity contribution in [2.45, 2.75) is 12.8 Å². The Balaban J connectivity index is 3.24. The molecular formula is C8H3F5INO2. The molecule has 0 amide bonds. The van der Waals surface area contributed by atoms with E-state index in [0.29, 0.717) is 0 Å². The maximum absolute atomic E-state index is 12.4. The molecular weight excluding hydrogens is 364 g/mol. The highest BCUT2D eigenvalue weighted by Crippen LogP contribution is 2.30. The fraction of sp³-hybridized carbons (Fsp3) is 0.250. The minimum absolute atomic E-state index is 0.0913. The average Bonchev–Trinajstić information content (AvgIpc) is 2.18. The highest BCUT2D eigenvalue weighted by Gasteiger charge is 2.33. The molecule has 0 spiro atoms. The quantitative estimate of drug-likeness (QED) is 0.468. The lowest BCUT2D eigenvalue weighted by molar-refractivity contribution is -0.276. The van der Waals surface area contributed by atoms with Crippen molar-refractivity contribution in [3.63, 3.8) is 0 Å². The summed E-state index contributed by atoms with van der Waals surface area (Å²) >= 11 is 1.40. The number of rotatable bonds is 3. The second kappa shape index (κ2) is 5.10. The van der Waals surface area contributed by atoms with Gasteiger partial charge in [-0.3, -0.25) is 4.79 Å². The van der Waals surface area contributed by atoms with Gasteiger partial charge < -0.3 is 4.74 Å². The number of aromatic nitrogens is 1. The number of hydrogen-bond donors (Lipinski definition) is 0. The summed E-state index contributed by atoms with van der Waals surface area (Å²) in [7, 11) is 0. The number of hydrogen-bond acceptors (Lipinski definition) is 3. The molecule has 0 aromatic carbocycles. The lowest BCUT2D eigenvalue weighted by Gasteiger charge is -2.11. The number of carbonyl (C=O) groups is 1. The third-order valence-electron chi connectivity index (χ3n) is 1.55. The first-order valence-electron chi connectivity index (χ1n) is 3.94. The van der Waals surface area contributed by atoms with Crippen LogP contribution in [0.1, 0.15) is 22.5 Å². The molecule has 94 valence electrons. The van der Waals surface area contributed by atoms with E-state index in [1.54, 1.807) is 0 Å². The number of carbonyl (C=O) groups excluding carboxylic acids is 1. The molecule has 0 unspecified atom stereocenters. The molecule has 0 atom stereocenters. The van der Waals surface area contributed by atoms with Crippen LogP contribution < -0.4 is 4.74 Å². The molecule has 0 fully saturated rings. The van der Waals surface area contributed by atoms with Crippen molar-refractivity contribution in [2.75, 3.05) is 0 Å². The van der Waals surface area contributed by atoms with E-state index in [1.165, 1.54) is 22.6 Å². The zero-order valence-electron chi connectivity index (χ0n) is 7.76. The van der Waals surface area contributed by atoms with Gasteiger partial charge in [0.25, 0.3) is 6.43 Å². The van der Waals surface area contributed by atoms with Gasteiger partial charge >= 0.3 is 6.36 Å². The minimum Gasteiger partial charge on any atom is -0.387 e. The molecule has 0 saturated carbocycles. The molecule has 1 rings (SSSR count). The summed E-state index contributed by atoms with van der Waals surface area (Å²) in [5.41, 5.74) is -1.52. The lowest BCUT2D eigenvalue weighted by Crippen LogP contribution is -2.19. The van der Waals surface area contributed by atoms with E-state index in [2.05, 4.69) is 9.72 Å². The molecule has 1 aromatic rings. The Labute approximate surface area is 105 Å². The summed E-state index contributed by atoms with van der Waals surface area (Å²) in [5.74, 6) is -1.00. The van der Waals surface area contributed by atoms with Crippen molar-refractivity contribution in [1.29, 1.82) is 0 Å². The van der Waals surface area contributed by atoms with Gasteiger partial charge in [0.2, 0.25) is 5.88 Å². The molecule has 0 radical (unpaired) electrons. The van der Waals surface area contributed by atoms with Gasteiger partial charge in [-0.15, -0.1) is 13.2 Å². The van der Waals surface area contributed by atoms with Gasteiger partial charge in [-0.05, 0) is 28.7 Å². The van der Waals surface area contributed by atoms with Crippen LogP contribution >= 0.6 is 22.6 Å². The third kappa shape index (κ3) is 3.75. The smallest absolute Gasteiger partial charge is 0.387 e. The predicted octanol–water partition coefficient (Wildman–Crippen LogP) is 3.33. The van der Waals surface area contributed by atoms with Crippen LogP contribution in [-0.4, -0.2) is 17.6 Å². The molecule has 0 aliphatic heterocycles. The van der Waals surface area contributed by atoms with E-state index in [0.717, 1.165) is 6.07 Å². The van der Waals surface area contributed by atoms with Crippen LogP contribution in [0, 0.1) is 3.57 Å². The van der Waals surface area contributed by atoms with Crippen LogP contribution in [0.2, 0.25) is 0 Å². The molecule has 0 aliphatic carbocycles. The molecule has 0 aliphatic rings. The van der Waals surface area contributed by atoms with Crippen molar-refractivity contribution < 1.29 is 31.5 Å². The van der Waals surface area contributed by atoms with Gasteiger partial charge in [0, 0.05) is 5.56 Å². The second-order valence-electron chi connectivity index (χ2n) is 2.72. The largest absolute Gasteiger partial charge is 0.574 e. The zero-order chi connectivity index (χ0) is 13.2. The summed E-state index contributed by atoms with van der Waals surface area (Å²) in [6, 6.07) is 0.850. The molecule has 17 heavy (non-hydrogen) atoms. The van der Waals surface area contributed by atoms with Crippen LogP contribution in [0.3, 0.4) is 0 Å². The molecule has 9 heteroatoms. The SMILES string of the molecule is O=Cc1cc(I)c(OC(F)(F)F)nc1C(F)F. The van der Waals surface area contributed by atoms with Crippen molar-refractivity contribution in [3.8, 4) is 5.88 Å². The van der Waals surface area contributed by atoms with Crippen molar-refractivity contribution in [2.24, 2.45) is 0 Å². The number of alkyl halides is 5. The molecule has 3 nitrogen and oxygen atoms in total. The Hall–Kier alpha value is -1.00. The van der Waals surface area contributed by atoms with E-state index in [1.807, 2.05) is 0 Å². The fourth-order valence-corrected chi connectivity index (χ4v) is 1.52. The number of pyridine rings is 1. The number of ether oxygens (including phenoxy) is 1. The summed E-state index contributed by atoms with van der Waals surface area (Å²) in [5, 5.41) is 0. The maximum atomic E-state index is 12.4. The molecule has 1 heterocycles. The van der Waals surface area contributed by atoms with Crippen molar-refractivity contribution in [3.05, 3.63) is 20.9 Å². The summed E-state index contributed by atoms with van der Waals surface area (Å²) in [4.78, 5) is 13.4. The highest BCUT2D eigenvalue weighted by atomic mass is 127. The topological polar surface area (TPSA) is 39.2 Å². The van der Waals surface area contributed by atoms with Crippen LogP contribution in [0.25, 0.3) is 0 Å². The normalized spacial score (nSPS) is 11.7. The molecule has 0 saturated heterocycles. The average molecular weight is 367 g/mol. The summed E-state index contributed by atoms with van der Waals surface area (Å²) < 4.78 is 63.8. The first-order valence-corrected chi connectivity index (χ1v) is 5.02. The van der Waals surface area contributed by atoms with Gasteiger partial charge in [-0.2, -0.15) is 0 Å². The van der Waals surface area contributed by atoms with E-state index >= 15 is 0 Å². The van der Waals surface area contributed by atoms with E-state index in [4.69, 9.17) is 0 Å². The van der Waals surface area contributed by atoms with E-state index in [9.17, 15) is 26.7 Å². The van der Waals surface area contributed by atoms with Gasteiger partial charge in [-0.25, -0.2) is 13.8 Å². The first-order chi connectivity index (χ1) is 7.74. The zero-order valence-corrected chi connectivity index (χ0v) is 9.92. The Bertz CT molecular complexity index is 435. The fourth-order valence-electron chi connectivity index (χ4n) is 0.950. The molecule has 1 aromatic heterocycles. The standard InChI is InChI=1S/C8H3F5INO2/c9-6(10)5-3(2-16)1-4(14)7(15-5)17-8(11,12)13/h1-2,6H.